The highest BCUT2D eigenvalue weighted by Crippen LogP contribution is 2.54. The van der Waals surface area contributed by atoms with Crippen LogP contribution >= 0.6 is 34.0 Å². The Morgan fingerprint density at radius 1 is 0.282 bits per heavy atom. The Bertz CT molecular complexity index is 5490. The van der Waals surface area contributed by atoms with Crippen LogP contribution in [0.15, 0.2) is 277 Å². The Morgan fingerprint density at radius 3 is 1.31 bits per heavy atom. The van der Waals surface area contributed by atoms with E-state index in [9.17, 15) is 0 Å². The number of nitrogens with zero attached hydrogens (tertiary/aromatic N) is 3. The summed E-state index contributed by atoms with van der Waals surface area (Å²) >= 11 is 5.30. The first-order valence-electron chi connectivity index (χ1n) is 28.2. The Labute approximate surface area is 498 Å². The van der Waals surface area contributed by atoms with Crippen LogP contribution in [0.1, 0.15) is 0 Å². The molecule has 13 aromatic carbocycles. The number of furan rings is 1. The summed E-state index contributed by atoms with van der Waals surface area (Å²) in [5.41, 5.74) is 11.5. The van der Waals surface area contributed by atoms with Crippen LogP contribution in [0.2, 0.25) is 0 Å². The Morgan fingerprint density at radius 2 is 0.741 bits per heavy atom. The number of halogens is 2. The van der Waals surface area contributed by atoms with Crippen molar-refractivity contribution in [2.75, 3.05) is 14.7 Å². The van der Waals surface area contributed by atoms with Crippen molar-refractivity contribution in [3.8, 4) is 11.1 Å². The van der Waals surface area contributed by atoms with Gasteiger partial charge in [-0.15, -0.1) is 34.0 Å². The van der Waals surface area contributed by atoms with Gasteiger partial charge in [-0.1, -0.05) is 146 Å². The zero-order chi connectivity index (χ0) is 56.3. The summed E-state index contributed by atoms with van der Waals surface area (Å²) in [6, 6.07) is 93.6. The molecule has 0 bridgehead atoms. The molecule has 17 aromatic rings. The van der Waals surface area contributed by atoms with Crippen molar-refractivity contribution in [1.29, 1.82) is 0 Å². The number of benzene rings is 13. The standard InChI is InChI=1S/C76H45F2N3OS3/c77-48-33-37-51(38-34-48)79(64-25-12-22-58-55-19-6-9-28-69(55)83-74(58)64)53-44-62-61-43-47(32-42-68(61)82-73(62)67(45-53)81(52-39-35-49(78)36-40-52)66-27-14-24-60-57-21-8-11-30-71(57)85-76(60)66)72-54-18-5-4-15-46(54)31-41-63(72)80(50-16-2-1-3-17-50)65-26-13-23-59-56-20-7-10-29-70(56)84-75(59)65/h1-45H. The number of hydrogen-bond acceptors (Lipinski definition) is 7. The molecule has 85 heavy (non-hydrogen) atoms. The molecule has 4 heterocycles. The van der Waals surface area contributed by atoms with Gasteiger partial charge in [-0.05, 0) is 144 Å². The van der Waals surface area contributed by atoms with E-state index in [2.05, 4.69) is 239 Å². The molecule has 4 aromatic heterocycles. The first-order valence-corrected chi connectivity index (χ1v) is 30.6. The van der Waals surface area contributed by atoms with Crippen LogP contribution in [0.25, 0.3) is 104 Å². The lowest BCUT2D eigenvalue weighted by Crippen LogP contribution is -2.14. The smallest absolute Gasteiger partial charge is 0.159 e. The van der Waals surface area contributed by atoms with Crippen molar-refractivity contribution in [1.82, 2.24) is 0 Å². The maximum Gasteiger partial charge on any atom is 0.159 e. The third-order valence-electron chi connectivity index (χ3n) is 16.5. The normalized spacial score (nSPS) is 11.9. The van der Waals surface area contributed by atoms with Gasteiger partial charge in [0.2, 0.25) is 0 Å². The summed E-state index contributed by atoms with van der Waals surface area (Å²) < 4.78 is 44.9. The van der Waals surface area contributed by atoms with Gasteiger partial charge in [0.1, 0.15) is 17.2 Å². The molecular weight excluding hydrogens is 1110 g/mol. The van der Waals surface area contributed by atoms with E-state index < -0.39 is 0 Å². The molecule has 0 atom stereocenters. The average molecular weight is 1150 g/mol. The van der Waals surface area contributed by atoms with E-state index in [1.807, 2.05) is 35.6 Å². The van der Waals surface area contributed by atoms with Crippen LogP contribution < -0.4 is 14.7 Å². The van der Waals surface area contributed by atoms with E-state index >= 15 is 8.78 Å². The third kappa shape index (κ3) is 8.03. The van der Waals surface area contributed by atoms with E-state index in [1.165, 1.54) is 54.5 Å². The molecule has 0 saturated carbocycles. The molecule has 0 N–H and O–H groups in total. The molecule has 0 aliphatic rings. The van der Waals surface area contributed by atoms with Crippen molar-refractivity contribution < 1.29 is 13.2 Å². The lowest BCUT2D eigenvalue weighted by Gasteiger charge is -2.30. The van der Waals surface area contributed by atoms with Crippen molar-refractivity contribution >= 4 is 178 Å². The van der Waals surface area contributed by atoms with E-state index in [1.54, 1.807) is 22.7 Å². The third-order valence-corrected chi connectivity index (χ3v) is 20.2. The van der Waals surface area contributed by atoms with Gasteiger partial charge < -0.3 is 19.1 Å². The molecule has 0 amide bonds. The Hall–Kier alpha value is -10.2. The zero-order valence-electron chi connectivity index (χ0n) is 45.2. The lowest BCUT2D eigenvalue weighted by molar-refractivity contribution is 0.627. The molecule has 0 spiro atoms. The minimum absolute atomic E-state index is 0.327. The van der Waals surface area contributed by atoms with Crippen LogP contribution in [-0.4, -0.2) is 0 Å². The quantitative estimate of drug-likeness (QED) is 0.136. The molecule has 9 heteroatoms. The first kappa shape index (κ1) is 49.4. The van der Waals surface area contributed by atoms with Crippen LogP contribution in [0.5, 0.6) is 0 Å². The van der Waals surface area contributed by atoms with Crippen LogP contribution in [0.3, 0.4) is 0 Å². The molecule has 0 fully saturated rings. The highest BCUT2D eigenvalue weighted by Gasteiger charge is 2.29. The molecule has 402 valence electrons. The van der Waals surface area contributed by atoms with E-state index in [4.69, 9.17) is 4.42 Å². The summed E-state index contributed by atoms with van der Waals surface area (Å²) in [5.74, 6) is -0.664. The summed E-state index contributed by atoms with van der Waals surface area (Å²) in [6.07, 6.45) is 0. The minimum Gasteiger partial charge on any atom is -0.454 e. The van der Waals surface area contributed by atoms with Gasteiger partial charge in [0.05, 0.1) is 42.5 Å². The van der Waals surface area contributed by atoms with Crippen molar-refractivity contribution in [3.05, 3.63) is 285 Å². The van der Waals surface area contributed by atoms with Gasteiger partial charge in [0.15, 0.2) is 5.58 Å². The van der Waals surface area contributed by atoms with Gasteiger partial charge >= 0.3 is 0 Å². The second kappa shape index (κ2) is 19.8. The molecule has 0 unspecified atom stereocenters. The molecule has 17 rings (SSSR count). The minimum atomic E-state index is -0.336. The second-order valence-electron chi connectivity index (χ2n) is 21.4. The first-order chi connectivity index (χ1) is 42.0. The summed E-state index contributed by atoms with van der Waals surface area (Å²) in [4.78, 5) is 6.91. The van der Waals surface area contributed by atoms with Gasteiger partial charge in [0, 0.05) is 85.5 Å². The van der Waals surface area contributed by atoms with Gasteiger partial charge in [-0.25, -0.2) is 8.78 Å². The highest BCUT2D eigenvalue weighted by molar-refractivity contribution is 7.27. The number of hydrogen-bond donors (Lipinski definition) is 0. The maximum atomic E-state index is 15.3. The Balaban J connectivity index is 0.972. The van der Waals surface area contributed by atoms with Gasteiger partial charge in [-0.3, -0.25) is 0 Å². The molecule has 0 aliphatic carbocycles. The van der Waals surface area contributed by atoms with Crippen molar-refractivity contribution in [2.24, 2.45) is 0 Å². The fraction of sp³-hybridized carbons (Fsp3) is 0. The molecule has 0 saturated heterocycles. The molecule has 0 radical (unpaired) electrons. The van der Waals surface area contributed by atoms with Crippen LogP contribution in [-0.2, 0) is 0 Å². The summed E-state index contributed by atoms with van der Waals surface area (Å²) in [5, 5.41) is 11.0. The molecular formula is C76H45F2N3OS3. The number of fused-ring (bicyclic) bond motifs is 13. The lowest BCUT2D eigenvalue weighted by atomic mass is 9.94. The van der Waals surface area contributed by atoms with Crippen molar-refractivity contribution in [3.63, 3.8) is 0 Å². The highest BCUT2D eigenvalue weighted by atomic mass is 32.1. The monoisotopic (exact) mass is 1150 g/mol. The fourth-order valence-corrected chi connectivity index (χ4v) is 16.4. The zero-order valence-corrected chi connectivity index (χ0v) is 47.7. The second-order valence-corrected chi connectivity index (χ2v) is 24.5. The average Bonchev–Trinajstić information content (AvgIpc) is 2.22. The number of anilines is 9. The number of thiophene rings is 3. The van der Waals surface area contributed by atoms with Crippen LogP contribution in [0, 0.1) is 11.6 Å². The Kier molecular flexibility index (Phi) is 11.5. The predicted molar refractivity (Wildman–Crippen MR) is 359 cm³/mol. The summed E-state index contributed by atoms with van der Waals surface area (Å²) in [7, 11) is 0. The van der Waals surface area contributed by atoms with E-state index in [-0.39, 0.29) is 11.6 Å². The maximum absolute atomic E-state index is 15.3. The molecule has 4 nitrogen and oxygen atoms in total. The fourth-order valence-electron chi connectivity index (χ4n) is 12.8. The van der Waals surface area contributed by atoms with Gasteiger partial charge in [-0.2, -0.15) is 0 Å². The SMILES string of the molecule is Fc1ccc(N(c2cc(N(c3ccc(F)cc3)c3cccc4c3sc3ccccc34)c3oc4ccc(-c5c(N(c6ccccc6)c6cccc7c6sc6ccccc67)ccc6ccccc56)cc4c3c2)c2cccc3c2sc2ccccc23)cc1. The predicted octanol–water partition coefficient (Wildman–Crippen LogP) is 24.2. The molecule has 0 aliphatic heterocycles. The van der Waals surface area contributed by atoms with E-state index in [0.717, 1.165) is 114 Å². The summed E-state index contributed by atoms with van der Waals surface area (Å²) in [6.45, 7) is 0. The largest absolute Gasteiger partial charge is 0.454 e. The van der Waals surface area contributed by atoms with Crippen molar-refractivity contribution in [2.45, 2.75) is 0 Å². The van der Waals surface area contributed by atoms with Crippen LogP contribution in [0.4, 0.5) is 60.0 Å². The number of para-hydroxylation sites is 1. The van der Waals surface area contributed by atoms with Gasteiger partial charge in [0.25, 0.3) is 0 Å². The number of rotatable bonds is 10. The topological polar surface area (TPSA) is 22.9 Å². The van der Waals surface area contributed by atoms with E-state index in [0.29, 0.717) is 11.2 Å².